The van der Waals surface area contributed by atoms with E-state index in [0.29, 0.717) is 0 Å². The minimum atomic E-state index is 0.794. The highest BCUT2D eigenvalue weighted by atomic mass is 79.9. The van der Waals surface area contributed by atoms with Crippen LogP contribution in [0.2, 0.25) is 5.02 Å². The van der Waals surface area contributed by atoms with E-state index >= 15 is 0 Å². The van der Waals surface area contributed by atoms with E-state index in [1.165, 1.54) is 17.0 Å². The molecule has 3 rings (SSSR count). The van der Waals surface area contributed by atoms with Gasteiger partial charge in [0.05, 0.1) is 5.69 Å². The van der Waals surface area contributed by atoms with E-state index < -0.39 is 0 Å². The maximum Gasteiger partial charge on any atom is 0.0531 e. The van der Waals surface area contributed by atoms with Crippen molar-refractivity contribution < 1.29 is 0 Å². The first-order valence-electron chi connectivity index (χ1n) is 6.77. The van der Waals surface area contributed by atoms with Crippen molar-refractivity contribution in [2.24, 2.45) is 0 Å². The molecule has 1 nitrogen and oxygen atoms in total. The highest BCUT2D eigenvalue weighted by molar-refractivity contribution is 9.10. The van der Waals surface area contributed by atoms with Crippen LogP contribution >= 0.6 is 27.5 Å². The zero-order chi connectivity index (χ0) is 15.0. The molecule has 3 aromatic rings. The van der Waals surface area contributed by atoms with Crippen molar-refractivity contribution in [1.82, 2.24) is 4.57 Å². The minimum Gasteiger partial charge on any atom is -0.314 e. The third kappa shape index (κ3) is 2.78. The molecule has 0 N–H and O–H groups in total. The highest BCUT2D eigenvalue weighted by Gasteiger charge is 2.10. The fourth-order valence-corrected chi connectivity index (χ4v) is 2.89. The van der Waals surface area contributed by atoms with Crippen LogP contribution in [0.3, 0.4) is 0 Å². The fraction of sp³-hybridized carbons (Fsp3) is 0.111. The predicted molar refractivity (Wildman–Crippen MR) is 93.4 cm³/mol. The van der Waals surface area contributed by atoms with Crippen molar-refractivity contribution in [3.63, 3.8) is 0 Å². The highest BCUT2D eigenvalue weighted by Crippen LogP contribution is 2.29. The first-order valence-corrected chi connectivity index (χ1v) is 7.94. The molecule has 0 radical (unpaired) electrons. The smallest absolute Gasteiger partial charge is 0.0531 e. The molecule has 0 atom stereocenters. The molecule has 0 fully saturated rings. The molecule has 0 spiro atoms. The van der Waals surface area contributed by atoms with Gasteiger partial charge in [-0.1, -0.05) is 45.7 Å². The number of benzene rings is 2. The van der Waals surface area contributed by atoms with Gasteiger partial charge in [-0.3, -0.25) is 0 Å². The minimum absolute atomic E-state index is 0.794. The lowest BCUT2D eigenvalue weighted by molar-refractivity contribution is 1.02. The van der Waals surface area contributed by atoms with Crippen molar-refractivity contribution in [1.29, 1.82) is 0 Å². The number of aromatic nitrogens is 1. The summed E-state index contributed by atoms with van der Waals surface area (Å²) in [5, 5.41) is 0.794. The normalized spacial score (nSPS) is 10.9. The van der Waals surface area contributed by atoms with Crippen molar-refractivity contribution in [2.45, 2.75) is 13.8 Å². The number of hydrogen-bond acceptors (Lipinski definition) is 0. The van der Waals surface area contributed by atoms with Crippen LogP contribution in [-0.4, -0.2) is 4.57 Å². The Hall–Kier alpha value is -1.51. The van der Waals surface area contributed by atoms with Crippen molar-refractivity contribution in [3.8, 4) is 16.9 Å². The molecular formula is C18H15BrClN. The molecule has 106 valence electrons. The van der Waals surface area contributed by atoms with Crippen molar-refractivity contribution in [2.75, 3.05) is 0 Å². The molecule has 0 bridgehead atoms. The number of rotatable bonds is 2. The molecular weight excluding hydrogens is 346 g/mol. The average Bonchev–Trinajstić information content (AvgIpc) is 2.85. The van der Waals surface area contributed by atoms with Crippen molar-refractivity contribution in [3.05, 3.63) is 75.4 Å². The summed E-state index contributed by atoms with van der Waals surface area (Å²) < 4.78 is 3.31. The predicted octanol–water partition coefficient (Wildman–Crippen LogP) is 6.18. The van der Waals surface area contributed by atoms with Crippen LogP contribution in [0, 0.1) is 13.8 Å². The Bertz CT molecular complexity index is 787. The van der Waals surface area contributed by atoms with Gasteiger partial charge in [-0.15, -0.1) is 0 Å². The number of halogens is 2. The van der Waals surface area contributed by atoms with Gasteiger partial charge in [0.2, 0.25) is 0 Å². The van der Waals surface area contributed by atoms with Crippen LogP contribution in [-0.2, 0) is 0 Å². The Kier molecular flexibility index (Phi) is 3.92. The third-order valence-corrected chi connectivity index (χ3v) is 4.57. The molecule has 2 aromatic carbocycles. The largest absolute Gasteiger partial charge is 0.314 e. The van der Waals surface area contributed by atoms with Gasteiger partial charge in [0, 0.05) is 20.9 Å². The van der Waals surface area contributed by atoms with E-state index in [2.05, 4.69) is 76.0 Å². The zero-order valence-electron chi connectivity index (χ0n) is 11.9. The topological polar surface area (TPSA) is 4.93 Å². The standard InChI is InChI=1S/C18H15BrClN/c1-12-3-9-16(11-17(12)20)21-13(2)4-10-18(21)14-5-7-15(19)8-6-14/h3-11H,1-2H3. The second-order valence-corrected chi connectivity index (χ2v) is 6.46. The van der Waals surface area contributed by atoms with Gasteiger partial charge < -0.3 is 4.57 Å². The SMILES string of the molecule is Cc1ccc(-n2c(C)ccc2-c2ccc(Br)cc2)cc1Cl. The Morgan fingerprint density at radius 1 is 0.905 bits per heavy atom. The molecule has 3 heteroatoms. The molecule has 0 unspecified atom stereocenters. The van der Waals surface area contributed by atoms with Gasteiger partial charge >= 0.3 is 0 Å². The molecule has 0 saturated heterocycles. The second-order valence-electron chi connectivity index (χ2n) is 5.14. The lowest BCUT2D eigenvalue weighted by atomic mass is 10.1. The fourth-order valence-electron chi connectivity index (χ4n) is 2.45. The number of aryl methyl sites for hydroxylation is 2. The molecule has 0 aliphatic rings. The van der Waals surface area contributed by atoms with Crippen LogP contribution in [0.4, 0.5) is 0 Å². The maximum atomic E-state index is 6.28. The molecule has 1 aromatic heterocycles. The quantitative estimate of drug-likeness (QED) is 0.514. The van der Waals surface area contributed by atoms with Crippen molar-refractivity contribution >= 4 is 27.5 Å². The maximum absolute atomic E-state index is 6.28. The van der Waals surface area contributed by atoms with Crippen LogP contribution in [0.25, 0.3) is 16.9 Å². The monoisotopic (exact) mass is 359 g/mol. The van der Waals surface area contributed by atoms with Gasteiger partial charge in [-0.25, -0.2) is 0 Å². The van der Waals surface area contributed by atoms with Gasteiger partial charge in [0.1, 0.15) is 0 Å². The lowest BCUT2D eigenvalue weighted by Gasteiger charge is -2.13. The summed E-state index contributed by atoms with van der Waals surface area (Å²) in [7, 11) is 0. The Morgan fingerprint density at radius 2 is 1.62 bits per heavy atom. The Balaban J connectivity index is 2.16. The summed E-state index contributed by atoms with van der Waals surface area (Å²) >= 11 is 9.76. The van der Waals surface area contributed by atoms with Crippen LogP contribution in [0.1, 0.15) is 11.3 Å². The summed E-state index contributed by atoms with van der Waals surface area (Å²) in [5.74, 6) is 0. The Morgan fingerprint density at radius 3 is 2.29 bits per heavy atom. The Labute approximate surface area is 138 Å². The van der Waals surface area contributed by atoms with Crippen LogP contribution in [0.5, 0.6) is 0 Å². The van der Waals surface area contributed by atoms with E-state index in [1.807, 2.05) is 13.0 Å². The van der Waals surface area contributed by atoms with Crippen LogP contribution in [0.15, 0.2) is 59.1 Å². The van der Waals surface area contributed by atoms with Gasteiger partial charge in [0.15, 0.2) is 0 Å². The van der Waals surface area contributed by atoms with Gasteiger partial charge in [-0.05, 0) is 61.4 Å². The van der Waals surface area contributed by atoms with E-state index in [-0.39, 0.29) is 0 Å². The number of hydrogen-bond donors (Lipinski definition) is 0. The molecule has 1 heterocycles. The van der Waals surface area contributed by atoms with E-state index in [9.17, 15) is 0 Å². The van der Waals surface area contributed by atoms with E-state index in [1.54, 1.807) is 0 Å². The summed E-state index contributed by atoms with van der Waals surface area (Å²) in [4.78, 5) is 0. The summed E-state index contributed by atoms with van der Waals surface area (Å²) in [6.07, 6.45) is 0. The summed E-state index contributed by atoms with van der Waals surface area (Å²) in [6.45, 7) is 4.13. The first kappa shape index (κ1) is 14.4. The molecule has 21 heavy (non-hydrogen) atoms. The average molecular weight is 361 g/mol. The molecule has 0 aliphatic carbocycles. The number of nitrogens with zero attached hydrogens (tertiary/aromatic N) is 1. The van der Waals surface area contributed by atoms with E-state index in [0.717, 1.165) is 20.7 Å². The molecule has 0 amide bonds. The lowest BCUT2D eigenvalue weighted by Crippen LogP contribution is -1.99. The molecule has 0 aliphatic heterocycles. The zero-order valence-corrected chi connectivity index (χ0v) is 14.2. The second kappa shape index (κ2) is 5.70. The summed E-state index contributed by atoms with van der Waals surface area (Å²) in [6, 6.07) is 18.8. The third-order valence-electron chi connectivity index (χ3n) is 3.63. The first-order chi connectivity index (χ1) is 10.1. The van der Waals surface area contributed by atoms with Crippen LogP contribution < -0.4 is 0 Å². The van der Waals surface area contributed by atoms with Gasteiger partial charge in [0.25, 0.3) is 0 Å². The summed E-state index contributed by atoms with van der Waals surface area (Å²) in [5.41, 5.74) is 5.72. The van der Waals surface area contributed by atoms with Gasteiger partial charge in [-0.2, -0.15) is 0 Å². The molecule has 0 saturated carbocycles. The van der Waals surface area contributed by atoms with E-state index in [4.69, 9.17) is 11.6 Å².